The van der Waals surface area contributed by atoms with Gasteiger partial charge in [-0.2, -0.15) is 18.4 Å². The van der Waals surface area contributed by atoms with E-state index >= 15 is 0 Å². The van der Waals surface area contributed by atoms with E-state index in [9.17, 15) is 23.2 Å². The van der Waals surface area contributed by atoms with Crippen LogP contribution in [-0.4, -0.2) is 71.4 Å². The third kappa shape index (κ3) is 7.41. The van der Waals surface area contributed by atoms with Crippen molar-refractivity contribution in [1.82, 2.24) is 14.9 Å². The van der Waals surface area contributed by atoms with Crippen LogP contribution in [0.5, 0.6) is 0 Å². The van der Waals surface area contributed by atoms with Crippen LogP contribution in [0.25, 0.3) is 11.3 Å². The van der Waals surface area contributed by atoms with Crippen LogP contribution in [0, 0.1) is 5.21 Å². The SMILES string of the molecule is Nc1nc(NCCNc2ccc(N3CCN(CC(F)(F)F)CC3=O)c(-c3ccc(Cl)cc3Cl)n2)ccc1[NH+]([O-])O. The molecule has 1 atom stereocenters. The zero-order valence-corrected chi connectivity index (χ0v) is 22.3. The molecule has 1 fully saturated rings. The number of nitrogens with zero attached hydrogens (tertiary/aromatic N) is 4. The lowest BCUT2D eigenvalue weighted by Gasteiger charge is -2.35. The normalized spacial score (nSPS) is 15.3. The number of nitrogens with one attached hydrogen (secondary N) is 3. The van der Waals surface area contributed by atoms with Gasteiger partial charge >= 0.3 is 6.18 Å². The number of aromatic nitrogens is 2. The molecule has 1 unspecified atom stereocenters. The molecular weight excluding hydrogens is 576 g/mol. The highest BCUT2D eigenvalue weighted by atomic mass is 35.5. The topological polar surface area (TPSA) is 147 Å². The molecule has 11 nitrogen and oxygen atoms in total. The molecule has 40 heavy (non-hydrogen) atoms. The fourth-order valence-electron chi connectivity index (χ4n) is 4.15. The Labute approximate surface area is 236 Å². The van der Waals surface area contributed by atoms with E-state index in [1.165, 1.54) is 23.1 Å². The smallest absolute Gasteiger partial charge is 0.401 e. The van der Waals surface area contributed by atoms with E-state index in [1.54, 1.807) is 24.3 Å². The molecule has 214 valence electrons. The van der Waals surface area contributed by atoms with Crippen LogP contribution >= 0.6 is 23.2 Å². The number of halogens is 5. The van der Waals surface area contributed by atoms with E-state index in [2.05, 4.69) is 20.6 Å². The summed E-state index contributed by atoms with van der Waals surface area (Å²) in [5, 5.41) is 25.8. The third-order valence-corrected chi connectivity index (χ3v) is 6.49. The second kappa shape index (κ2) is 12.4. The zero-order chi connectivity index (χ0) is 29.0. The fraction of sp³-hybridized carbons (Fsp3) is 0.292. The number of carbonyl (C=O) groups is 1. The number of piperazine rings is 1. The van der Waals surface area contributed by atoms with Gasteiger partial charge < -0.3 is 26.5 Å². The van der Waals surface area contributed by atoms with Crippen LogP contribution in [0.2, 0.25) is 10.0 Å². The van der Waals surface area contributed by atoms with Gasteiger partial charge in [0.25, 0.3) is 0 Å². The van der Waals surface area contributed by atoms with Gasteiger partial charge in [-0.05, 0) is 36.4 Å². The van der Waals surface area contributed by atoms with Gasteiger partial charge in [0, 0.05) is 42.8 Å². The highest BCUT2D eigenvalue weighted by Crippen LogP contribution is 2.37. The summed E-state index contributed by atoms with van der Waals surface area (Å²) in [5.74, 6) is 0.239. The largest absolute Gasteiger partial charge is 0.595 e. The third-order valence-electron chi connectivity index (χ3n) is 5.95. The van der Waals surface area contributed by atoms with Gasteiger partial charge in [-0.3, -0.25) is 9.69 Å². The number of rotatable bonds is 9. The van der Waals surface area contributed by atoms with Gasteiger partial charge in [0.15, 0.2) is 5.82 Å². The van der Waals surface area contributed by atoms with Crippen LogP contribution < -0.4 is 26.5 Å². The quantitative estimate of drug-likeness (QED) is 0.184. The van der Waals surface area contributed by atoms with E-state index in [1.807, 2.05) is 0 Å². The first-order chi connectivity index (χ1) is 18.9. The number of alkyl halides is 3. The maximum atomic E-state index is 12.9. The lowest BCUT2D eigenvalue weighted by atomic mass is 10.1. The van der Waals surface area contributed by atoms with Crippen molar-refractivity contribution < 1.29 is 28.4 Å². The van der Waals surface area contributed by atoms with Crippen molar-refractivity contribution in [2.45, 2.75) is 6.18 Å². The second-order valence-electron chi connectivity index (χ2n) is 8.85. The predicted octanol–water partition coefficient (Wildman–Crippen LogP) is 3.17. The molecule has 3 heterocycles. The van der Waals surface area contributed by atoms with Crippen molar-refractivity contribution in [3.8, 4) is 11.3 Å². The van der Waals surface area contributed by atoms with Gasteiger partial charge in [0.1, 0.15) is 11.6 Å². The van der Waals surface area contributed by atoms with Crippen LogP contribution in [0.1, 0.15) is 0 Å². The van der Waals surface area contributed by atoms with Gasteiger partial charge in [0.2, 0.25) is 11.6 Å². The Morgan fingerprint density at radius 1 is 1.05 bits per heavy atom. The molecule has 0 saturated carbocycles. The van der Waals surface area contributed by atoms with Crippen molar-refractivity contribution in [3.05, 3.63) is 57.7 Å². The lowest BCUT2D eigenvalue weighted by Crippen LogP contribution is -2.99. The summed E-state index contributed by atoms with van der Waals surface area (Å²) in [4.78, 5) is 24.0. The summed E-state index contributed by atoms with van der Waals surface area (Å²) in [6.07, 6.45) is -4.40. The monoisotopic (exact) mass is 600 g/mol. The van der Waals surface area contributed by atoms with Crippen LogP contribution in [-0.2, 0) is 4.79 Å². The molecule has 0 bridgehead atoms. The first-order valence-corrected chi connectivity index (χ1v) is 12.7. The Morgan fingerprint density at radius 3 is 2.33 bits per heavy atom. The molecule has 1 aliphatic heterocycles. The molecule has 1 aliphatic rings. The molecule has 6 N–H and O–H groups in total. The Kier molecular flexibility index (Phi) is 9.18. The molecule has 0 aliphatic carbocycles. The minimum absolute atomic E-state index is 0.0384. The summed E-state index contributed by atoms with van der Waals surface area (Å²) in [7, 11) is 0. The van der Waals surface area contributed by atoms with Crippen LogP contribution in [0.4, 0.5) is 42.0 Å². The van der Waals surface area contributed by atoms with Gasteiger partial charge in [0.05, 0.1) is 29.5 Å². The maximum absolute atomic E-state index is 12.9. The molecule has 2 aromatic heterocycles. The van der Waals surface area contributed by atoms with Gasteiger partial charge in [-0.15, -0.1) is 0 Å². The summed E-state index contributed by atoms with van der Waals surface area (Å²) >= 11 is 12.5. The first kappa shape index (κ1) is 29.6. The number of nitrogen functional groups attached to an aromatic ring is 1. The Balaban J connectivity index is 1.50. The molecule has 4 rings (SSSR count). The van der Waals surface area contributed by atoms with Crippen LogP contribution in [0.15, 0.2) is 42.5 Å². The number of nitrogens with two attached hydrogens (primary N) is 1. The number of amides is 1. The predicted molar refractivity (Wildman–Crippen MR) is 146 cm³/mol. The molecule has 1 aromatic carbocycles. The number of quaternary nitrogens is 1. The number of hydrogen-bond donors (Lipinski definition) is 5. The summed E-state index contributed by atoms with van der Waals surface area (Å²) < 4.78 is 38.5. The highest BCUT2D eigenvalue weighted by Gasteiger charge is 2.35. The molecule has 0 radical (unpaired) electrons. The summed E-state index contributed by atoms with van der Waals surface area (Å²) in [6, 6.07) is 11.0. The number of anilines is 4. The highest BCUT2D eigenvalue weighted by molar-refractivity contribution is 6.36. The van der Waals surface area contributed by atoms with Crippen LogP contribution in [0.3, 0.4) is 0 Å². The van der Waals surface area contributed by atoms with E-state index in [0.717, 1.165) is 4.90 Å². The van der Waals surface area contributed by atoms with E-state index in [0.29, 0.717) is 46.7 Å². The van der Waals surface area contributed by atoms with Crippen molar-refractivity contribution in [1.29, 1.82) is 0 Å². The Bertz CT molecular complexity index is 1380. The standard InChI is InChI=1S/C24H25Cl2F3N8O3/c25-14-1-2-15(16(26)11-14)22-17(36-10-9-35(12-21(36)38)13-24(27,28)29)3-5-19(33-22)31-7-8-32-20-6-4-18(37(39)40)23(30)34-20/h1-6,11,37,39H,7-10,12-13H2,(H,31,33)(H3,30,32,34). The van der Waals surface area contributed by atoms with E-state index in [4.69, 9.17) is 34.1 Å². The molecular formula is C24H25Cl2F3N8O3. The second-order valence-corrected chi connectivity index (χ2v) is 9.69. The molecule has 0 spiro atoms. The molecule has 16 heteroatoms. The average molecular weight is 601 g/mol. The molecule has 1 saturated heterocycles. The average Bonchev–Trinajstić information content (AvgIpc) is 2.86. The number of pyridine rings is 2. The zero-order valence-electron chi connectivity index (χ0n) is 20.8. The van der Waals surface area contributed by atoms with Crippen molar-refractivity contribution >= 4 is 57.9 Å². The van der Waals surface area contributed by atoms with Crippen molar-refractivity contribution in [2.75, 3.05) is 60.5 Å². The molecule has 1 amide bonds. The minimum atomic E-state index is -4.40. The number of benzene rings is 1. The van der Waals surface area contributed by atoms with Gasteiger partial charge in [-0.25, -0.2) is 15.2 Å². The summed E-state index contributed by atoms with van der Waals surface area (Å²) in [6.45, 7) is -0.718. The maximum Gasteiger partial charge on any atom is 0.401 e. The van der Waals surface area contributed by atoms with Crippen molar-refractivity contribution in [3.63, 3.8) is 0 Å². The van der Waals surface area contributed by atoms with Gasteiger partial charge in [-0.1, -0.05) is 23.2 Å². The van der Waals surface area contributed by atoms with E-state index in [-0.39, 0.29) is 36.2 Å². The van der Waals surface area contributed by atoms with Crippen molar-refractivity contribution in [2.24, 2.45) is 0 Å². The number of carbonyl (C=O) groups excluding carboxylic acids is 1. The van der Waals surface area contributed by atoms with E-state index < -0.39 is 23.9 Å². The summed E-state index contributed by atoms with van der Waals surface area (Å²) in [5.41, 5.74) is 6.83. The minimum Gasteiger partial charge on any atom is -0.595 e. The Morgan fingerprint density at radius 2 is 1.73 bits per heavy atom. The Hall–Kier alpha value is -3.40. The first-order valence-electron chi connectivity index (χ1n) is 11.9. The number of hydrogen-bond acceptors (Lipinski definition) is 9. The lowest BCUT2D eigenvalue weighted by molar-refractivity contribution is -0.990. The molecule has 3 aromatic rings. The fourth-order valence-corrected chi connectivity index (χ4v) is 4.65.